The van der Waals surface area contributed by atoms with Gasteiger partial charge in [0, 0.05) is 82.9 Å². The zero-order valence-electron chi connectivity index (χ0n) is 45.8. The number of aromatic nitrogens is 2. The number of anilines is 6. The van der Waals surface area contributed by atoms with Gasteiger partial charge in [0.15, 0.2) is 0 Å². The summed E-state index contributed by atoms with van der Waals surface area (Å²) < 4.78 is 17.9. The van der Waals surface area contributed by atoms with E-state index in [1.54, 1.807) is 0 Å². The SMILES string of the molecule is c1ccc(N2c3ccccc3B3c4ccc(-n5c6ccccc6c6ccccc65)cc4N(c4ccccc4)c4cc(-n5c6cc(-c7ccc8c(c7)oc7ccccc78)ccc6c6ccc(-c7ccc8oc9ccccc9c8c7)cc65)cc2c43)cc1. The number of nitrogens with zero attached hydrogens (tertiary/aromatic N) is 4. The maximum absolute atomic E-state index is 6.52. The molecular formula is C78H47BN4O2. The molecule has 6 heterocycles. The van der Waals surface area contributed by atoms with Gasteiger partial charge in [-0.1, -0.05) is 170 Å². The van der Waals surface area contributed by atoms with E-state index in [0.717, 1.165) is 123 Å². The van der Waals surface area contributed by atoms with Gasteiger partial charge in [-0.05, 0) is 154 Å². The number of fused-ring (bicyclic) bond motifs is 16. The van der Waals surface area contributed by atoms with E-state index < -0.39 is 0 Å². The van der Waals surface area contributed by atoms with Gasteiger partial charge < -0.3 is 27.8 Å². The maximum atomic E-state index is 6.52. The average molecular weight is 1080 g/mol. The molecule has 0 aliphatic carbocycles. The van der Waals surface area contributed by atoms with Crippen molar-refractivity contribution < 1.29 is 8.83 Å². The van der Waals surface area contributed by atoms with E-state index in [1.807, 2.05) is 12.1 Å². The molecule has 13 aromatic carbocycles. The molecule has 0 atom stereocenters. The second-order valence-electron chi connectivity index (χ2n) is 22.8. The summed E-state index contributed by atoms with van der Waals surface area (Å²) in [5.74, 6) is 0. The third-order valence-corrected chi connectivity index (χ3v) is 18.3. The summed E-state index contributed by atoms with van der Waals surface area (Å²) in [6.45, 7) is -0.0872. The molecule has 0 N–H and O–H groups in total. The van der Waals surface area contributed by atoms with Crippen molar-refractivity contribution in [3.63, 3.8) is 0 Å². The highest BCUT2D eigenvalue weighted by atomic mass is 16.3. The van der Waals surface area contributed by atoms with Gasteiger partial charge in [-0.15, -0.1) is 0 Å². The number of hydrogen-bond donors (Lipinski definition) is 0. The Morgan fingerprint density at radius 1 is 0.235 bits per heavy atom. The average Bonchev–Trinajstić information content (AvgIpc) is 3.41. The van der Waals surface area contributed by atoms with Crippen LogP contribution >= 0.6 is 0 Å². The standard InChI is InChI=1S/C78H47BN4O2/c1-3-17-52(18-4-1)80-68-28-14-11-25-64(68)79-65-39-35-54(82-66-26-12-7-21-56(66)57-22-8-13-27-67(57)82)45-71(65)81(53-19-5-2-6-20-53)73-47-55(46-72(80)78(73)79)83-69-42-49(48-34-40-76-63(41-48)61-24-10-16-30-75(61)84-76)31-36-58(69)59-37-32-50(43-70(59)83)51-33-38-62-60-23-9-15-29-74(60)85-77(62)44-51/h1-47H. The first-order chi connectivity index (χ1) is 42.1. The predicted molar refractivity (Wildman–Crippen MR) is 355 cm³/mol. The van der Waals surface area contributed by atoms with Crippen LogP contribution in [-0.2, 0) is 0 Å². The van der Waals surface area contributed by atoms with Crippen LogP contribution in [0.4, 0.5) is 34.1 Å². The Hall–Kier alpha value is -11.3. The normalized spacial score (nSPS) is 12.9. The molecule has 0 fully saturated rings. The van der Waals surface area contributed by atoms with E-state index in [1.165, 1.54) is 49.0 Å². The summed E-state index contributed by atoms with van der Waals surface area (Å²) in [6.07, 6.45) is 0. The molecular weight excluding hydrogens is 1040 g/mol. The third kappa shape index (κ3) is 6.72. The number of para-hydroxylation sites is 7. The van der Waals surface area contributed by atoms with E-state index in [2.05, 4.69) is 292 Å². The summed E-state index contributed by atoms with van der Waals surface area (Å²) in [5.41, 5.74) is 25.2. The van der Waals surface area contributed by atoms with Crippen molar-refractivity contribution in [1.82, 2.24) is 9.13 Å². The second kappa shape index (κ2) is 17.6. The molecule has 394 valence electrons. The third-order valence-electron chi connectivity index (χ3n) is 18.3. The minimum Gasteiger partial charge on any atom is -0.456 e. The molecule has 0 unspecified atom stereocenters. The van der Waals surface area contributed by atoms with Crippen LogP contribution < -0.4 is 26.2 Å². The fraction of sp³-hybridized carbons (Fsp3) is 0. The van der Waals surface area contributed by atoms with Crippen molar-refractivity contribution in [1.29, 1.82) is 0 Å². The van der Waals surface area contributed by atoms with E-state index in [9.17, 15) is 0 Å². The minimum absolute atomic E-state index is 0.0872. The second-order valence-corrected chi connectivity index (χ2v) is 22.8. The molecule has 17 aromatic rings. The van der Waals surface area contributed by atoms with Crippen LogP contribution in [0.25, 0.3) is 121 Å². The predicted octanol–water partition coefficient (Wildman–Crippen LogP) is 19.1. The van der Waals surface area contributed by atoms with Gasteiger partial charge in [-0.3, -0.25) is 0 Å². The van der Waals surface area contributed by atoms with Gasteiger partial charge in [0.1, 0.15) is 22.3 Å². The first-order valence-corrected chi connectivity index (χ1v) is 29.2. The number of furan rings is 2. The van der Waals surface area contributed by atoms with Crippen molar-refractivity contribution in [2.75, 3.05) is 9.80 Å². The molecule has 7 heteroatoms. The zero-order valence-corrected chi connectivity index (χ0v) is 45.8. The first kappa shape index (κ1) is 46.3. The molecule has 2 aliphatic heterocycles. The lowest BCUT2D eigenvalue weighted by molar-refractivity contribution is 0.668. The molecule has 85 heavy (non-hydrogen) atoms. The van der Waals surface area contributed by atoms with Crippen molar-refractivity contribution in [3.8, 4) is 33.6 Å². The molecule has 0 bridgehead atoms. The van der Waals surface area contributed by atoms with Crippen LogP contribution in [-0.4, -0.2) is 15.8 Å². The van der Waals surface area contributed by atoms with Crippen LogP contribution in [0.3, 0.4) is 0 Å². The molecule has 6 nitrogen and oxygen atoms in total. The number of hydrogen-bond acceptors (Lipinski definition) is 4. The van der Waals surface area contributed by atoms with Gasteiger partial charge in [0.2, 0.25) is 0 Å². The van der Waals surface area contributed by atoms with Gasteiger partial charge in [-0.2, -0.15) is 0 Å². The quantitative estimate of drug-likeness (QED) is 0.156. The van der Waals surface area contributed by atoms with Crippen molar-refractivity contribution in [2.24, 2.45) is 0 Å². The van der Waals surface area contributed by atoms with Crippen molar-refractivity contribution in [3.05, 3.63) is 285 Å². The van der Waals surface area contributed by atoms with E-state index >= 15 is 0 Å². The zero-order chi connectivity index (χ0) is 55.4. The first-order valence-electron chi connectivity index (χ1n) is 29.2. The Morgan fingerprint density at radius 3 is 1.33 bits per heavy atom. The van der Waals surface area contributed by atoms with Crippen LogP contribution in [0.5, 0.6) is 0 Å². The van der Waals surface area contributed by atoms with Crippen LogP contribution in [0.2, 0.25) is 0 Å². The summed E-state index contributed by atoms with van der Waals surface area (Å²) in [4.78, 5) is 5.05. The highest BCUT2D eigenvalue weighted by Gasteiger charge is 2.44. The molecule has 19 rings (SSSR count). The van der Waals surface area contributed by atoms with Crippen LogP contribution in [0, 0.1) is 0 Å². The molecule has 0 saturated heterocycles. The summed E-state index contributed by atoms with van der Waals surface area (Å²) >= 11 is 0. The van der Waals surface area contributed by atoms with Crippen molar-refractivity contribution >= 4 is 145 Å². The number of rotatable bonds is 6. The summed E-state index contributed by atoms with van der Waals surface area (Å²) in [6, 6.07) is 105. The van der Waals surface area contributed by atoms with Gasteiger partial charge in [0.25, 0.3) is 6.71 Å². The molecule has 0 amide bonds. The monoisotopic (exact) mass is 1080 g/mol. The van der Waals surface area contributed by atoms with Crippen LogP contribution in [0.1, 0.15) is 0 Å². The summed E-state index contributed by atoms with van der Waals surface area (Å²) in [7, 11) is 0. The lowest BCUT2D eigenvalue weighted by atomic mass is 9.33. The van der Waals surface area contributed by atoms with E-state index in [4.69, 9.17) is 8.83 Å². The fourth-order valence-electron chi connectivity index (χ4n) is 14.6. The molecule has 0 saturated carbocycles. The lowest BCUT2D eigenvalue weighted by Gasteiger charge is -2.44. The highest BCUT2D eigenvalue weighted by molar-refractivity contribution is 7.00. The Bertz CT molecular complexity index is 5600. The Balaban J connectivity index is 0.910. The Morgan fingerprint density at radius 2 is 0.671 bits per heavy atom. The van der Waals surface area contributed by atoms with E-state index in [-0.39, 0.29) is 6.71 Å². The Kier molecular flexibility index (Phi) is 9.61. The fourth-order valence-corrected chi connectivity index (χ4v) is 14.6. The smallest absolute Gasteiger partial charge is 0.252 e. The highest BCUT2D eigenvalue weighted by Crippen LogP contribution is 2.48. The van der Waals surface area contributed by atoms with Gasteiger partial charge in [-0.25, -0.2) is 0 Å². The van der Waals surface area contributed by atoms with Gasteiger partial charge >= 0.3 is 0 Å². The number of benzene rings is 13. The largest absolute Gasteiger partial charge is 0.456 e. The molecule has 4 aromatic heterocycles. The topological polar surface area (TPSA) is 42.6 Å². The lowest BCUT2D eigenvalue weighted by Crippen LogP contribution is -2.61. The maximum Gasteiger partial charge on any atom is 0.252 e. The Labute approximate surface area is 488 Å². The van der Waals surface area contributed by atoms with E-state index in [0.29, 0.717) is 0 Å². The van der Waals surface area contributed by atoms with Crippen LogP contribution in [0.15, 0.2) is 294 Å². The van der Waals surface area contributed by atoms with Crippen molar-refractivity contribution in [2.45, 2.75) is 0 Å². The molecule has 0 radical (unpaired) electrons. The molecule has 2 aliphatic rings. The molecule has 0 spiro atoms. The van der Waals surface area contributed by atoms with Gasteiger partial charge in [0.05, 0.1) is 27.8 Å². The minimum atomic E-state index is -0.0872. The summed E-state index contributed by atoms with van der Waals surface area (Å²) in [5, 5.41) is 9.26.